The number of carbonyl (C=O) groups excluding carboxylic acids is 4. The molecule has 1 N–H and O–H groups in total. The highest BCUT2D eigenvalue weighted by Crippen LogP contribution is 2.59. The zero-order valence-corrected chi connectivity index (χ0v) is 43.6. The Bertz CT molecular complexity index is 1770. The first-order chi connectivity index (χ1) is 31.0. The van der Waals surface area contributed by atoms with Crippen LogP contribution in [-0.2, 0) is 68.2 Å². The Morgan fingerprint density at radius 2 is 1.30 bits per heavy atom. The third kappa shape index (κ3) is 15.5. The van der Waals surface area contributed by atoms with Crippen molar-refractivity contribution in [1.82, 2.24) is 0 Å². The number of hydrogen-bond donors (Lipinski definition) is 1. The van der Waals surface area contributed by atoms with Crippen LogP contribution in [0.5, 0.6) is 0 Å². The minimum Gasteiger partial charge on any atom is -0.458 e. The van der Waals surface area contributed by atoms with Crippen molar-refractivity contribution in [1.29, 1.82) is 0 Å². The fourth-order valence-corrected chi connectivity index (χ4v) is 8.73. The lowest BCUT2D eigenvalue weighted by atomic mass is 9.73. The molecular weight excluding hydrogens is 861 g/mol. The van der Waals surface area contributed by atoms with Gasteiger partial charge in [0, 0.05) is 33.0 Å². The number of rotatable bonds is 26. The van der Waals surface area contributed by atoms with Gasteiger partial charge in [-0.2, -0.15) is 0 Å². The molecule has 14 nitrogen and oxygen atoms in total. The van der Waals surface area contributed by atoms with E-state index in [0.29, 0.717) is 24.8 Å². The van der Waals surface area contributed by atoms with Crippen LogP contribution in [0.15, 0.2) is 42.5 Å². The number of ether oxygens (including phenoxy) is 9. The van der Waals surface area contributed by atoms with Crippen LogP contribution in [0.4, 0.5) is 0 Å². The molecule has 0 amide bonds. The molecular formula is C53H86O14. The second-order valence-electron chi connectivity index (χ2n) is 21.9. The van der Waals surface area contributed by atoms with Crippen molar-refractivity contribution in [3.8, 4) is 0 Å². The monoisotopic (exact) mass is 947 g/mol. The van der Waals surface area contributed by atoms with Crippen LogP contribution in [0.25, 0.3) is 0 Å². The number of aliphatic hydroxyl groups is 1. The molecule has 8 atom stereocenters. The van der Waals surface area contributed by atoms with E-state index in [4.69, 9.17) is 42.6 Å². The van der Waals surface area contributed by atoms with Crippen molar-refractivity contribution in [3.63, 3.8) is 0 Å². The smallest absolute Gasteiger partial charge is 0.346 e. The average Bonchev–Trinajstić information content (AvgIpc) is 3.41. The highest BCUT2D eigenvalue weighted by atomic mass is 16.8. The lowest BCUT2D eigenvalue weighted by Crippen LogP contribution is -2.80. The predicted molar refractivity (Wildman–Crippen MR) is 255 cm³/mol. The summed E-state index contributed by atoms with van der Waals surface area (Å²) in [5.41, 5.74) is -7.90. The Morgan fingerprint density at radius 3 is 1.81 bits per heavy atom. The Kier molecular flexibility index (Phi) is 20.7. The molecule has 1 aromatic rings. The fourth-order valence-electron chi connectivity index (χ4n) is 8.73. The Morgan fingerprint density at radius 1 is 0.776 bits per heavy atom. The molecule has 0 aliphatic carbocycles. The minimum atomic E-state index is -2.90. The van der Waals surface area contributed by atoms with Crippen LogP contribution in [0.3, 0.4) is 0 Å². The second kappa shape index (κ2) is 23.9. The molecule has 0 spiro atoms. The summed E-state index contributed by atoms with van der Waals surface area (Å²) in [6, 6.07) is 9.74. The van der Waals surface area contributed by atoms with Crippen molar-refractivity contribution < 1.29 is 66.9 Å². The summed E-state index contributed by atoms with van der Waals surface area (Å²) >= 11 is 0. The van der Waals surface area contributed by atoms with Gasteiger partial charge in [-0.3, -0.25) is 4.79 Å². The number of aliphatic hydroxyl groups excluding tert-OH is 1. The maximum atomic E-state index is 15.4. The van der Waals surface area contributed by atoms with Crippen molar-refractivity contribution in [2.75, 3.05) is 13.7 Å². The van der Waals surface area contributed by atoms with Crippen LogP contribution >= 0.6 is 0 Å². The summed E-state index contributed by atoms with van der Waals surface area (Å²) in [5, 5.41) is 13.1. The molecule has 0 radical (unpaired) electrons. The van der Waals surface area contributed by atoms with Gasteiger partial charge >= 0.3 is 23.9 Å². The second-order valence-corrected chi connectivity index (χ2v) is 21.9. The standard InChI is InChI=1S/C53H86O14/c1-17-18-19-20-21-22-23-24-25-29-34-60-53(46(58)66-49(11,12)13)43(44(56)64-47(5,6)7)63-51(33-32-36(2)40(61-38(4)54)37(3)35-39-30-27-26-28-31-39)42(62-50(14,15)59-16)41(55)52(53,67-51)45(57)65-48(8,9)10/h26-28,30-31,37,40-43,55H,2,17-25,29,32-35H2,1,3-16H3/t37?,40?,41-,42-,43-,51-,52-,53-/m1/s1. The third-order valence-corrected chi connectivity index (χ3v) is 11.9. The van der Waals surface area contributed by atoms with Gasteiger partial charge in [0.1, 0.15) is 35.1 Å². The topological polar surface area (TPSA) is 172 Å². The molecule has 2 bridgehead atoms. The molecule has 0 saturated carbocycles. The Labute approximate surface area is 401 Å². The number of hydrogen-bond acceptors (Lipinski definition) is 14. The van der Waals surface area contributed by atoms with Gasteiger partial charge in [-0.15, -0.1) is 0 Å². The van der Waals surface area contributed by atoms with Gasteiger partial charge in [0.25, 0.3) is 0 Å². The summed E-state index contributed by atoms with van der Waals surface area (Å²) in [4.78, 5) is 58.5. The number of benzene rings is 1. The van der Waals surface area contributed by atoms with Gasteiger partial charge in [-0.05, 0) is 107 Å². The van der Waals surface area contributed by atoms with Crippen LogP contribution in [0.1, 0.15) is 180 Å². The molecule has 1 aromatic carbocycles. The lowest BCUT2D eigenvalue weighted by molar-refractivity contribution is -0.392. The van der Waals surface area contributed by atoms with Gasteiger partial charge in [-0.1, -0.05) is 109 Å². The molecule has 2 fully saturated rings. The number of esters is 4. The highest BCUT2D eigenvalue weighted by molar-refractivity contribution is 6.00. The maximum Gasteiger partial charge on any atom is 0.346 e. The molecule has 2 saturated heterocycles. The van der Waals surface area contributed by atoms with E-state index < -0.39 is 87.9 Å². The van der Waals surface area contributed by atoms with Crippen molar-refractivity contribution in [3.05, 3.63) is 48.0 Å². The molecule has 382 valence electrons. The third-order valence-electron chi connectivity index (χ3n) is 11.9. The van der Waals surface area contributed by atoms with Crippen LogP contribution in [0.2, 0.25) is 0 Å². The van der Waals surface area contributed by atoms with Crippen LogP contribution in [0, 0.1) is 5.92 Å². The van der Waals surface area contributed by atoms with E-state index >= 15 is 14.4 Å². The van der Waals surface area contributed by atoms with E-state index in [-0.39, 0.29) is 25.4 Å². The van der Waals surface area contributed by atoms with E-state index in [9.17, 15) is 9.90 Å². The van der Waals surface area contributed by atoms with E-state index in [1.807, 2.05) is 37.3 Å². The minimum absolute atomic E-state index is 0.0125. The van der Waals surface area contributed by atoms with Gasteiger partial charge in [-0.25, -0.2) is 14.4 Å². The summed E-state index contributed by atoms with van der Waals surface area (Å²) in [7, 11) is 1.40. The number of methoxy groups -OCH3 is 1. The summed E-state index contributed by atoms with van der Waals surface area (Å²) in [6.45, 7) is 27.5. The average molecular weight is 947 g/mol. The van der Waals surface area contributed by atoms with Crippen LogP contribution in [-0.4, -0.2) is 107 Å². The van der Waals surface area contributed by atoms with Gasteiger partial charge in [0.05, 0.1) is 0 Å². The molecule has 2 heterocycles. The summed E-state index contributed by atoms with van der Waals surface area (Å²) < 4.78 is 57.0. The quantitative estimate of drug-likeness (QED) is 0.0306. The number of unbranched alkanes of at least 4 members (excludes halogenated alkanes) is 9. The number of fused-ring (bicyclic) bond motifs is 2. The van der Waals surface area contributed by atoms with E-state index in [2.05, 4.69) is 13.5 Å². The van der Waals surface area contributed by atoms with Gasteiger partial charge in [0.2, 0.25) is 23.1 Å². The first kappa shape index (κ1) is 57.9. The largest absolute Gasteiger partial charge is 0.458 e. The van der Waals surface area contributed by atoms with Crippen molar-refractivity contribution >= 4 is 23.9 Å². The summed E-state index contributed by atoms with van der Waals surface area (Å²) in [6.07, 6.45) is 3.59. The highest BCUT2D eigenvalue weighted by Gasteiger charge is 2.87. The molecule has 67 heavy (non-hydrogen) atoms. The molecule has 2 unspecified atom stereocenters. The molecule has 0 aromatic heterocycles. The molecule has 2 aliphatic heterocycles. The SMILES string of the molecule is C=C(CC[C@@]12O[C@H](C(=O)OC(C)(C)C)[C@@](OCCCCCCCCCCCC)(C(=O)OC(C)(C)C)[C@@](C(=O)OC(C)(C)C)(O1)[C@H](O)[C@H]2OC(C)(C)OC)C(OC(C)=O)C(C)Cc1ccccc1. The van der Waals surface area contributed by atoms with Crippen molar-refractivity contribution in [2.45, 2.75) is 244 Å². The summed E-state index contributed by atoms with van der Waals surface area (Å²) in [5.74, 6) is -8.04. The van der Waals surface area contributed by atoms with Gasteiger partial charge in [0.15, 0.2) is 5.79 Å². The normalized spacial score (nSPS) is 25.2. The van der Waals surface area contributed by atoms with Crippen molar-refractivity contribution in [2.24, 2.45) is 5.92 Å². The number of carbonyl (C=O) groups is 4. The molecule has 2 aliphatic rings. The van der Waals surface area contributed by atoms with E-state index in [1.54, 1.807) is 76.2 Å². The molecule has 3 rings (SSSR count). The van der Waals surface area contributed by atoms with E-state index in [1.165, 1.54) is 39.7 Å². The lowest BCUT2D eigenvalue weighted by Gasteiger charge is -2.53. The first-order valence-electron chi connectivity index (χ1n) is 24.5. The Hall–Kier alpha value is -3.40. The zero-order chi connectivity index (χ0) is 50.6. The van der Waals surface area contributed by atoms with E-state index in [0.717, 1.165) is 31.2 Å². The van der Waals surface area contributed by atoms with Crippen LogP contribution < -0.4 is 0 Å². The zero-order valence-electron chi connectivity index (χ0n) is 43.6. The molecule has 14 heteroatoms. The van der Waals surface area contributed by atoms with Gasteiger partial charge < -0.3 is 47.7 Å². The Balaban J connectivity index is 2.31. The predicted octanol–water partition coefficient (Wildman–Crippen LogP) is 9.83. The fraction of sp³-hybridized carbons (Fsp3) is 0.774. The maximum absolute atomic E-state index is 15.4. The first-order valence-corrected chi connectivity index (χ1v) is 24.5.